The van der Waals surface area contributed by atoms with E-state index in [1.165, 1.54) is 17.0 Å². The van der Waals surface area contributed by atoms with Crippen molar-refractivity contribution in [3.8, 4) is 11.3 Å². The van der Waals surface area contributed by atoms with Crippen molar-refractivity contribution in [1.82, 2.24) is 5.32 Å². The summed E-state index contributed by atoms with van der Waals surface area (Å²) in [5.74, 6) is -1.66. The second-order valence-electron chi connectivity index (χ2n) is 7.38. The summed E-state index contributed by atoms with van der Waals surface area (Å²) in [5.41, 5.74) is 2.38. The maximum atomic E-state index is 13.2. The maximum absolute atomic E-state index is 13.2. The molecule has 0 atom stereocenters. The molecule has 2 aromatic carbocycles. The minimum atomic E-state index is -1.04. The molecular formula is C24H17ClN2O5S. The third-order valence-corrected chi connectivity index (χ3v) is 5.95. The van der Waals surface area contributed by atoms with E-state index in [1.807, 2.05) is 6.92 Å². The highest BCUT2D eigenvalue weighted by Crippen LogP contribution is 2.30. The van der Waals surface area contributed by atoms with Crippen LogP contribution in [0.2, 0.25) is 5.02 Å². The zero-order valence-electron chi connectivity index (χ0n) is 17.5. The fourth-order valence-electron chi connectivity index (χ4n) is 3.46. The molecule has 2 N–H and O–H groups in total. The van der Waals surface area contributed by atoms with Crippen LogP contribution in [-0.2, 0) is 9.59 Å². The summed E-state index contributed by atoms with van der Waals surface area (Å²) in [6.45, 7) is 3.51. The monoisotopic (exact) mass is 480 g/mol. The van der Waals surface area contributed by atoms with Crippen LogP contribution < -0.4 is 10.2 Å². The van der Waals surface area contributed by atoms with Crippen molar-refractivity contribution in [3.63, 3.8) is 0 Å². The minimum absolute atomic E-state index is 0.0525. The van der Waals surface area contributed by atoms with Gasteiger partial charge in [-0.3, -0.25) is 19.8 Å². The first kappa shape index (κ1) is 22.4. The predicted octanol–water partition coefficient (Wildman–Crippen LogP) is 4.75. The largest absolute Gasteiger partial charge is 0.478 e. The third-order valence-electron chi connectivity index (χ3n) is 5.26. The molecule has 166 valence electrons. The van der Waals surface area contributed by atoms with Crippen molar-refractivity contribution in [3.05, 3.63) is 81.6 Å². The quantitative estimate of drug-likeness (QED) is 0.317. The highest BCUT2D eigenvalue weighted by atomic mass is 35.5. The Hall–Kier alpha value is -3.75. The Kier molecular flexibility index (Phi) is 5.88. The van der Waals surface area contributed by atoms with Gasteiger partial charge in [0, 0.05) is 10.6 Å². The molecule has 3 aromatic rings. The van der Waals surface area contributed by atoms with E-state index in [0.29, 0.717) is 27.6 Å². The number of carboxylic acid groups (broad SMARTS) is 1. The van der Waals surface area contributed by atoms with Crippen molar-refractivity contribution in [2.45, 2.75) is 13.8 Å². The molecule has 4 rings (SSSR count). The number of carbonyl (C=O) groups is 3. The molecule has 1 fully saturated rings. The molecule has 1 aliphatic heterocycles. The van der Waals surface area contributed by atoms with Gasteiger partial charge >= 0.3 is 5.97 Å². The summed E-state index contributed by atoms with van der Waals surface area (Å²) < 4.78 is 5.81. The van der Waals surface area contributed by atoms with E-state index in [2.05, 4.69) is 5.32 Å². The average molecular weight is 481 g/mol. The molecule has 7 nitrogen and oxygen atoms in total. The summed E-state index contributed by atoms with van der Waals surface area (Å²) in [6.07, 6.45) is 1.32. The van der Waals surface area contributed by atoms with Gasteiger partial charge in [-0.05, 0) is 73.6 Å². The van der Waals surface area contributed by atoms with E-state index in [-0.39, 0.29) is 22.0 Å². The van der Waals surface area contributed by atoms with E-state index < -0.39 is 17.8 Å². The molecule has 1 saturated heterocycles. The molecule has 9 heteroatoms. The number of amides is 2. The molecular weight excluding hydrogens is 464 g/mol. The number of hydrogen-bond donors (Lipinski definition) is 2. The van der Waals surface area contributed by atoms with Gasteiger partial charge in [-0.25, -0.2) is 4.79 Å². The zero-order valence-corrected chi connectivity index (χ0v) is 19.1. The molecule has 0 aliphatic carbocycles. The average Bonchev–Trinajstić information content (AvgIpc) is 3.22. The highest BCUT2D eigenvalue weighted by Gasteiger charge is 2.35. The molecule has 0 radical (unpaired) electrons. The van der Waals surface area contributed by atoms with Crippen LogP contribution in [-0.4, -0.2) is 28.0 Å². The Labute approximate surface area is 199 Å². The van der Waals surface area contributed by atoms with Crippen LogP contribution in [0, 0.1) is 13.8 Å². The number of furan rings is 1. The number of hydrogen-bond acceptors (Lipinski definition) is 5. The Morgan fingerprint density at radius 1 is 1.15 bits per heavy atom. The van der Waals surface area contributed by atoms with Crippen molar-refractivity contribution in [2.24, 2.45) is 0 Å². The molecule has 2 heterocycles. The second-order valence-corrected chi connectivity index (χ2v) is 8.17. The van der Waals surface area contributed by atoms with Gasteiger partial charge in [0.15, 0.2) is 5.11 Å². The number of thiocarbonyl (C=S) groups is 1. The van der Waals surface area contributed by atoms with Crippen LogP contribution in [0.5, 0.6) is 0 Å². The van der Waals surface area contributed by atoms with Gasteiger partial charge in [0.1, 0.15) is 17.1 Å². The number of aromatic carboxylic acids is 1. The summed E-state index contributed by atoms with van der Waals surface area (Å²) in [4.78, 5) is 38.3. The number of aryl methyl sites for hydroxylation is 1. The number of benzene rings is 2. The Bertz CT molecular complexity index is 1370. The minimum Gasteiger partial charge on any atom is -0.478 e. The number of anilines is 1. The molecule has 0 spiro atoms. The molecule has 1 aromatic heterocycles. The summed E-state index contributed by atoms with van der Waals surface area (Å²) in [6, 6.07) is 13.1. The number of carboxylic acids is 1. The van der Waals surface area contributed by atoms with E-state index >= 15 is 0 Å². The first-order valence-corrected chi connectivity index (χ1v) is 10.6. The number of carbonyl (C=O) groups excluding carboxylic acids is 2. The fourth-order valence-corrected chi connectivity index (χ4v) is 3.92. The summed E-state index contributed by atoms with van der Waals surface area (Å²) in [5, 5.41) is 12.3. The molecule has 33 heavy (non-hydrogen) atoms. The standard InChI is InChI=1S/C24H17ClN2O5S/c1-12-6-7-14(10-19(12)25)27-22(29)18(21(28)26-24(27)33)11-15-8-9-20(32-15)16-4-3-5-17(13(16)2)23(30)31/h3-11H,1-2H3,(H,30,31)(H,26,28,33)/b18-11+. The Balaban J connectivity index is 1.70. The van der Waals surface area contributed by atoms with Gasteiger partial charge < -0.3 is 9.52 Å². The molecule has 1 aliphatic rings. The van der Waals surface area contributed by atoms with Gasteiger partial charge in [0.25, 0.3) is 11.8 Å². The highest BCUT2D eigenvalue weighted by molar-refractivity contribution is 7.80. The number of nitrogens with zero attached hydrogens (tertiary/aromatic N) is 1. The zero-order chi connectivity index (χ0) is 23.9. The van der Waals surface area contributed by atoms with Crippen LogP contribution in [0.3, 0.4) is 0 Å². The second kappa shape index (κ2) is 8.65. The molecule has 0 unspecified atom stereocenters. The number of halogens is 1. The van der Waals surface area contributed by atoms with Crippen LogP contribution >= 0.6 is 23.8 Å². The van der Waals surface area contributed by atoms with Crippen LogP contribution in [0.25, 0.3) is 17.4 Å². The van der Waals surface area contributed by atoms with Gasteiger partial charge in [-0.2, -0.15) is 0 Å². The fraction of sp³-hybridized carbons (Fsp3) is 0.0833. The van der Waals surface area contributed by atoms with Crippen molar-refractivity contribution in [2.75, 3.05) is 4.90 Å². The maximum Gasteiger partial charge on any atom is 0.335 e. The van der Waals surface area contributed by atoms with Crippen molar-refractivity contribution < 1.29 is 23.9 Å². The molecule has 0 bridgehead atoms. The lowest BCUT2D eigenvalue weighted by atomic mass is 10.0. The van der Waals surface area contributed by atoms with Crippen LogP contribution in [0.1, 0.15) is 27.2 Å². The van der Waals surface area contributed by atoms with E-state index in [9.17, 15) is 19.5 Å². The van der Waals surface area contributed by atoms with Gasteiger partial charge in [0.05, 0.1) is 11.3 Å². The van der Waals surface area contributed by atoms with Crippen molar-refractivity contribution in [1.29, 1.82) is 0 Å². The van der Waals surface area contributed by atoms with E-state index in [1.54, 1.807) is 49.4 Å². The van der Waals surface area contributed by atoms with Gasteiger partial charge in [0.2, 0.25) is 0 Å². The lowest BCUT2D eigenvalue weighted by Gasteiger charge is -2.29. The lowest BCUT2D eigenvalue weighted by Crippen LogP contribution is -2.54. The smallest absolute Gasteiger partial charge is 0.335 e. The first-order chi connectivity index (χ1) is 15.7. The Morgan fingerprint density at radius 2 is 1.91 bits per heavy atom. The van der Waals surface area contributed by atoms with Crippen LogP contribution in [0.4, 0.5) is 5.69 Å². The van der Waals surface area contributed by atoms with E-state index in [4.69, 9.17) is 28.2 Å². The van der Waals surface area contributed by atoms with Crippen LogP contribution in [0.15, 0.2) is 58.5 Å². The summed E-state index contributed by atoms with van der Waals surface area (Å²) in [7, 11) is 0. The summed E-state index contributed by atoms with van der Waals surface area (Å²) >= 11 is 11.4. The van der Waals surface area contributed by atoms with E-state index in [0.717, 1.165) is 5.56 Å². The number of nitrogens with one attached hydrogen (secondary N) is 1. The van der Waals surface area contributed by atoms with Crippen molar-refractivity contribution >= 4 is 58.5 Å². The van der Waals surface area contributed by atoms with Gasteiger partial charge in [-0.15, -0.1) is 0 Å². The molecule has 0 saturated carbocycles. The predicted molar refractivity (Wildman–Crippen MR) is 128 cm³/mol. The topological polar surface area (TPSA) is 99.8 Å². The molecule has 2 amide bonds. The Morgan fingerprint density at radius 3 is 2.61 bits per heavy atom. The lowest BCUT2D eigenvalue weighted by molar-refractivity contribution is -0.122. The number of rotatable bonds is 4. The SMILES string of the molecule is Cc1ccc(N2C(=O)/C(=C/c3ccc(-c4cccc(C(=O)O)c4C)o3)C(=O)NC2=S)cc1Cl. The van der Waals surface area contributed by atoms with Gasteiger partial charge in [-0.1, -0.05) is 29.8 Å². The first-order valence-electron chi connectivity index (χ1n) is 9.78. The third kappa shape index (κ3) is 4.18. The normalized spacial score (nSPS) is 15.2.